The minimum atomic E-state index is -0.973. The lowest BCUT2D eigenvalue weighted by molar-refractivity contribution is -0.0454. The first kappa shape index (κ1) is 13.7. The van der Waals surface area contributed by atoms with Crippen LogP contribution in [0.1, 0.15) is 32.4 Å². The molecule has 5 heteroatoms. The molecule has 4 nitrogen and oxygen atoms in total. The summed E-state index contributed by atoms with van der Waals surface area (Å²) in [5.74, 6) is 0. The third-order valence-corrected chi connectivity index (χ3v) is 3.22. The van der Waals surface area contributed by atoms with Gasteiger partial charge in [-0.25, -0.2) is 0 Å². The van der Waals surface area contributed by atoms with Gasteiger partial charge in [-0.3, -0.25) is 4.68 Å². The van der Waals surface area contributed by atoms with Crippen molar-refractivity contribution in [1.29, 1.82) is 0 Å². The van der Waals surface area contributed by atoms with Gasteiger partial charge in [0, 0.05) is 13.7 Å². The number of aliphatic hydroxyl groups is 1. The van der Waals surface area contributed by atoms with Gasteiger partial charge in [0.2, 0.25) is 0 Å². The fourth-order valence-corrected chi connectivity index (χ4v) is 2.45. The van der Waals surface area contributed by atoms with E-state index in [0.717, 1.165) is 23.1 Å². The van der Waals surface area contributed by atoms with E-state index >= 15 is 0 Å². The van der Waals surface area contributed by atoms with Crippen LogP contribution in [0.5, 0.6) is 0 Å². The van der Waals surface area contributed by atoms with Gasteiger partial charge in [-0.05, 0) is 28.8 Å². The summed E-state index contributed by atoms with van der Waals surface area (Å²) >= 11 is 3.43. The number of rotatable bonds is 6. The lowest BCUT2D eigenvalue weighted by Gasteiger charge is -2.27. The number of aryl methyl sites for hydroxylation is 1. The van der Waals surface area contributed by atoms with Crippen LogP contribution in [0.3, 0.4) is 0 Å². The highest BCUT2D eigenvalue weighted by molar-refractivity contribution is 9.10. The average Bonchev–Trinajstić information content (AvgIpc) is 2.61. The topological polar surface area (TPSA) is 47.3 Å². The molecular weight excluding hydrogens is 272 g/mol. The molecule has 0 saturated carbocycles. The molecule has 0 aliphatic carbocycles. The van der Waals surface area contributed by atoms with Crippen molar-refractivity contribution in [2.45, 2.75) is 38.8 Å². The Labute approximate surface area is 105 Å². The Morgan fingerprint density at radius 2 is 2.25 bits per heavy atom. The maximum Gasteiger partial charge on any atom is 0.130 e. The Kier molecular flexibility index (Phi) is 4.95. The maximum absolute atomic E-state index is 10.6. The van der Waals surface area contributed by atoms with E-state index in [4.69, 9.17) is 4.74 Å². The van der Waals surface area contributed by atoms with Gasteiger partial charge in [-0.15, -0.1) is 0 Å². The molecule has 92 valence electrons. The fraction of sp³-hybridized carbons (Fsp3) is 0.727. The first-order valence-electron chi connectivity index (χ1n) is 5.52. The molecule has 0 fully saturated rings. The Hall–Kier alpha value is -0.390. The number of hydrogen-bond acceptors (Lipinski definition) is 3. The summed E-state index contributed by atoms with van der Waals surface area (Å²) in [4.78, 5) is 0. The summed E-state index contributed by atoms with van der Waals surface area (Å²) < 4.78 is 7.77. The Balaban J connectivity index is 3.11. The van der Waals surface area contributed by atoms with Crippen molar-refractivity contribution < 1.29 is 9.84 Å². The largest absolute Gasteiger partial charge is 0.381 e. The van der Waals surface area contributed by atoms with Crippen LogP contribution in [0.15, 0.2) is 10.7 Å². The number of hydrogen-bond donors (Lipinski definition) is 1. The second kappa shape index (κ2) is 5.80. The van der Waals surface area contributed by atoms with Gasteiger partial charge in [-0.2, -0.15) is 5.10 Å². The van der Waals surface area contributed by atoms with E-state index in [9.17, 15) is 5.11 Å². The molecular formula is C11H19BrN2O2. The molecule has 0 aliphatic rings. The second-order valence-electron chi connectivity index (χ2n) is 3.88. The van der Waals surface area contributed by atoms with E-state index in [1.807, 2.05) is 11.6 Å². The first-order chi connectivity index (χ1) is 7.59. The molecule has 0 amide bonds. The normalized spacial score (nSPS) is 15.1. The maximum atomic E-state index is 10.6. The second-order valence-corrected chi connectivity index (χ2v) is 4.74. The molecule has 0 aliphatic heterocycles. The minimum Gasteiger partial charge on any atom is -0.381 e. The first-order valence-corrected chi connectivity index (χ1v) is 6.31. The van der Waals surface area contributed by atoms with Crippen molar-refractivity contribution in [3.8, 4) is 0 Å². The summed E-state index contributed by atoms with van der Waals surface area (Å²) in [6, 6.07) is 0. The molecule has 1 N–H and O–H groups in total. The number of ether oxygens (including phenoxy) is 1. The SMILES string of the molecule is CCCn1ncc(Br)c1C(O)(CC)COC. The Morgan fingerprint density at radius 1 is 1.56 bits per heavy atom. The summed E-state index contributed by atoms with van der Waals surface area (Å²) in [5.41, 5.74) is -0.169. The standard InChI is InChI=1S/C11H19BrN2O2/c1-4-6-14-10(9(12)7-13-14)11(15,5-2)8-16-3/h7,15H,4-6,8H2,1-3H3. The van der Waals surface area contributed by atoms with Crippen molar-refractivity contribution in [2.75, 3.05) is 13.7 Å². The van der Waals surface area contributed by atoms with Gasteiger partial charge >= 0.3 is 0 Å². The van der Waals surface area contributed by atoms with Crippen LogP contribution < -0.4 is 0 Å². The van der Waals surface area contributed by atoms with Crippen molar-refractivity contribution in [1.82, 2.24) is 9.78 Å². The lowest BCUT2D eigenvalue weighted by Crippen LogP contribution is -2.33. The predicted molar refractivity (Wildman–Crippen MR) is 66.3 cm³/mol. The molecule has 1 aromatic rings. The van der Waals surface area contributed by atoms with Gasteiger partial charge in [0.25, 0.3) is 0 Å². The Morgan fingerprint density at radius 3 is 2.75 bits per heavy atom. The molecule has 1 unspecified atom stereocenters. The highest BCUT2D eigenvalue weighted by atomic mass is 79.9. The predicted octanol–water partition coefficient (Wildman–Crippen LogP) is 2.30. The van der Waals surface area contributed by atoms with Crippen LogP contribution in [0.25, 0.3) is 0 Å². The number of halogens is 1. The highest BCUT2D eigenvalue weighted by Gasteiger charge is 2.33. The zero-order valence-electron chi connectivity index (χ0n) is 10.0. The molecule has 0 bridgehead atoms. The quantitative estimate of drug-likeness (QED) is 0.875. The summed E-state index contributed by atoms with van der Waals surface area (Å²) in [6.07, 6.45) is 3.30. The van der Waals surface area contributed by atoms with Crippen LogP contribution >= 0.6 is 15.9 Å². The zero-order chi connectivity index (χ0) is 12.2. The van der Waals surface area contributed by atoms with Crippen LogP contribution in [-0.2, 0) is 16.9 Å². The van der Waals surface area contributed by atoms with Crippen molar-refractivity contribution in [3.05, 3.63) is 16.4 Å². The van der Waals surface area contributed by atoms with E-state index in [-0.39, 0.29) is 6.61 Å². The monoisotopic (exact) mass is 290 g/mol. The molecule has 16 heavy (non-hydrogen) atoms. The number of methoxy groups -OCH3 is 1. The third kappa shape index (κ3) is 2.64. The van der Waals surface area contributed by atoms with E-state index in [2.05, 4.69) is 28.0 Å². The summed E-state index contributed by atoms with van der Waals surface area (Å²) in [7, 11) is 1.59. The van der Waals surface area contributed by atoms with Crippen LogP contribution in [-0.4, -0.2) is 28.6 Å². The van der Waals surface area contributed by atoms with Gasteiger partial charge in [0.1, 0.15) is 5.60 Å². The third-order valence-electron chi connectivity index (χ3n) is 2.64. The summed E-state index contributed by atoms with van der Waals surface area (Å²) in [5, 5.41) is 14.8. The van der Waals surface area contributed by atoms with Gasteiger partial charge in [0.05, 0.1) is 23.0 Å². The summed E-state index contributed by atoms with van der Waals surface area (Å²) in [6.45, 7) is 5.10. The molecule has 0 spiro atoms. The molecule has 1 heterocycles. The van der Waals surface area contributed by atoms with E-state index in [1.165, 1.54) is 0 Å². The van der Waals surface area contributed by atoms with E-state index in [1.54, 1.807) is 13.3 Å². The van der Waals surface area contributed by atoms with Crippen LogP contribution in [0.4, 0.5) is 0 Å². The fourth-order valence-electron chi connectivity index (χ4n) is 1.78. The molecule has 0 radical (unpaired) electrons. The molecule has 1 atom stereocenters. The molecule has 0 aromatic carbocycles. The zero-order valence-corrected chi connectivity index (χ0v) is 11.6. The van der Waals surface area contributed by atoms with Gasteiger partial charge in [0.15, 0.2) is 0 Å². The van der Waals surface area contributed by atoms with Crippen molar-refractivity contribution >= 4 is 15.9 Å². The van der Waals surface area contributed by atoms with Gasteiger partial charge < -0.3 is 9.84 Å². The minimum absolute atomic E-state index is 0.275. The number of aromatic nitrogens is 2. The van der Waals surface area contributed by atoms with E-state index < -0.39 is 5.60 Å². The Bertz CT molecular complexity index is 341. The number of nitrogens with zero attached hydrogens (tertiary/aromatic N) is 2. The molecule has 1 rings (SSSR count). The average molecular weight is 291 g/mol. The smallest absolute Gasteiger partial charge is 0.130 e. The van der Waals surface area contributed by atoms with Crippen LogP contribution in [0.2, 0.25) is 0 Å². The van der Waals surface area contributed by atoms with E-state index in [0.29, 0.717) is 6.42 Å². The van der Waals surface area contributed by atoms with Crippen LogP contribution in [0, 0.1) is 0 Å². The van der Waals surface area contributed by atoms with Crippen molar-refractivity contribution in [3.63, 3.8) is 0 Å². The lowest BCUT2D eigenvalue weighted by atomic mass is 9.97. The van der Waals surface area contributed by atoms with Gasteiger partial charge in [-0.1, -0.05) is 13.8 Å². The molecule has 0 saturated heterocycles. The molecule has 1 aromatic heterocycles. The highest BCUT2D eigenvalue weighted by Crippen LogP contribution is 2.31. The van der Waals surface area contributed by atoms with Crippen molar-refractivity contribution in [2.24, 2.45) is 0 Å².